The molecule has 0 aromatic heterocycles. The van der Waals surface area contributed by atoms with Gasteiger partial charge in [0.15, 0.2) is 0 Å². The first-order valence-corrected chi connectivity index (χ1v) is 7.17. The molecule has 0 bridgehead atoms. The summed E-state index contributed by atoms with van der Waals surface area (Å²) in [5.41, 5.74) is 5.49. The van der Waals surface area contributed by atoms with Crippen molar-refractivity contribution in [1.82, 2.24) is 4.31 Å². The molecule has 0 saturated heterocycles. The molecule has 0 heterocycles. The number of sulfonamides is 1. The summed E-state index contributed by atoms with van der Waals surface area (Å²) in [6, 6.07) is -0.100. The van der Waals surface area contributed by atoms with Gasteiger partial charge in [0.2, 0.25) is 10.0 Å². The lowest BCUT2D eigenvalue weighted by Crippen LogP contribution is -2.44. The minimum atomic E-state index is -3.12. The molecule has 0 spiro atoms. The van der Waals surface area contributed by atoms with Gasteiger partial charge in [-0.05, 0) is 19.8 Å². The van der Waals surface area contributed by atoms with Gasteiger partial charge in [0.1, 0.15) is 0 Å². The summed E-state index contributed by atoms with van der Waals surface area (Å²) in [4.78, 5) is 0. The predicted molar refractivity (Wildman–Crippen MR) is 62.1 cm³/mol. The molecule has 1 atom stereocenters. The van der Waals surface area contributed by atoms with Crippen LogP contribution in [0.2, 0.25) is 0 Å². The molecular formula is C10H22N2O2S. The van der Waals surface area contributed by atoms with E-state index in [0.29, 0.717) is 6.54 Å². The molecule has 1 rings (SSSR count). The van der Waals surface area contributed by atoms with E-state index in [1.54, 1.807) is 7.05 Å². The molecule has 0 aromatic carbocycles. The maximum absolute atomic E-state index is 12.2. The number of rotatable bonds is 4. The third-order valence-electron chi connectivity index (χ3n) is 3.34. The maximum atomic E-state index is 12.2. The van der Waals surface area contributed by atoms with Crippen LogP contribution in [0, 0.1) is 0 Å². The summed E-state index contributed by atoms with van der Waals surface area (Å²) in [5, 5.41) is -0.176. The smallest absolute Gasteiger partial charge is 0.217 e. The Labute approximate surface area is 92.9 Å². The van der Waals surface area contributed by atoms with Crippen molar-refractivity contribution in [3.63, 3.8) is 0 Å². The lowest BCUT2D eigenvalue weighted by molar-refractivity contribution is 0.374. The molecule has 2 N–H and O–H groups in total. The molecule has 1 fully saturated rings. The van der Waals surface area contributed by atoms with E-state index in [9.17, 15) is 8.42 Å². The third-order valence-corrected chi connectivity index (χ3v) is 5.81. The first kappa shape index (κ1) is 12.9. The van der Waals surface area contributed by atoms with Gasteiger partial charge >= 0.3 is 0 Å². The van der Waals surface area contributed by atoms with Gasteiger partial charge in [0.25, 0.3) is 0 Å². The fraction of sp³-hybridized carbons (Fsp3) is 1.00. The van der Waals surface area contributed by atoms with Crippen molar-refractivity contribution in [1.29, 1.82) is 0 Å². The van der Waals surface area contributed by atoms with Crippen molar-refractivity contribution in [3.05, 3.63) is 0 Å². The molecule has 15 heavy (non-hydrogen) atoms. The first-order chi connectivity index (χ1) is 7.00. The second-order valence-electron chi connectivity index (χ2n) is 4.41. The Kier molecular flexibility index (Phi) is 4.55. The number of nitrogens with zero attached hydrogens (tertiary/aromatic N) is 1. The standard InChI is InChI=1S/C10H22N2O2S/c1-9(8-11)12(2)15(13,14)10-6-4-3-5-7-10/h9-10H,3-8,11H2,1-2H3. The second kappa shape index (κ2) is 5.27. The molecule has 1 aliphatic carbocycles. The molecule has 90 valence electrons. The van der Waals surface area contributed by atoms with Crippen molar-refractivity contribution in [2.75, 3.05) is 13.6 Å². The quantitative estimate of drug-likeness (QED) is 0.787. The summed E-state index contributed by atoms with van der Waals surface area (Å²) < 4.78 is 25.8. The number of hydrogen-bond acceptors (Lipinski definition) is 3. The Hall–Kier alpha value is -0.130. The Morgan fingerprint density at radius 3 is 2.33 bits per heavy atom. The highest BCUT2D eigenvalue weighted by molar-refractivity contribution is 7.89. The summed E-state index contributed by atoms with van der Waals surface area (Å²) in [6.45, 7) is 2.23. The molecular weight excluding hydrogens is 212 g/mol. The van der Waals surface area contributed by atoms with Crippen LogP contribution in [0.3, 0.4) is 0 Å². The lowest BCUT2D eigenvalue weighted by atomic mass is 10.0. The highest BCUT2D eigenvalue weighted by atomic mass is 32.2. The number of nitrogens with two attached hydrogens (primary N) is 1. The van der Waals surface area contributed by atoms with Gasteiger partial charge in [-0.2, -0.15) is 0 Å². The SMILES string of the molecule is CC(CN)N(C)S(=O)(=O)C1CCCCC1. The number of hydrogen-bond donors (Lipinski definition) is 1. The van der Waals surface area contributed by atoms with Crippen molar-refractivity contribution >= 4 is 10.0 Å². The zero-order chi connectivity index (χ0) is 11.5. The monoisotopic (exact) mass is 234 g/mol. The molecule has 1 saturated carbocycles. The van der Waals surface area contributed by atoms with Gasteiger partial charge < -0.3 is 5.73 Å². The van der Waals surface area contributed by atoms with Crippen molar-refractivity contribution < 1.29 is 8.42 Å². The number of likely N-dealkylation sites (N-methyl/N-ethyl adjacent to an activating group) is 1. The molecule has 0 aromatic rings. The molecule has 0 amide bonds. The topological polar surface area (TPSA) is 63.4 Å². The van der Waals surface area contributed by atoms with Crippen LogP contribution >= 0.6 is 0 Å². The zero-order valence-electron chi connectivity index (χ0n) is 9.65. The molecule has 1 aliphatic rings. The van der Waals surface area contributed by atoms with Crippen molar-refractivity contribution in [2.24, 2.45) is 5.73 Å². The van der Waals surface area contributed by atoms with Gasteiger partial charge in [-0.3, -0.25) is 0 Å². The van der Waals surface area contributed by atoms with E-state index < -0.39 is 10.0 Å². The zero-order valence-corrected chi connectivity index (χ0v) is 10.5. The summed E-state index contributed by atoms with van der Waals surface area (Å²) >= 11 is 0. The van der Waals surface area contributed by atoms with Crippen LogP contribution in [0.25, 0.3) is 0 Å². The van der Waals surface area contributed by atoms with E-state index >= 15 is 0 Å². The molecule has 5 heteroatoms. The minimum Gasteiger partial charge on any atom is -0.329 e. The predicted octanol–water partition coefficient (Wildman–Crippen LogP) is 0.928. The Morgan fingerprint density at radius 1 is 1.33 bits per heavy atom. The van der Waals surface area contributed by atoms with Crippen molar-refractivity contribution in [2.45, 2.75) is 50.3 Å². The van der Waals surface area contributed by atoms with Gasteiger partial charge in [0.05, 0.1) is 5.25 Å². The maximum Gasteiger partial charge on any atom is 0.217 e. The van der Waals surface area contributed by atoms with Crippen LogP contribution in [-0.2, 0) is 10.0 Å². The Balaban J connectivity index is 2.72. The molecule has 0 aliphatic heterocycles. The van der Waals surface area contributed by atoms with E-state index in [4.69, 9.17) is 5.73 Å². The molecule has 0 radical (unpaired) electrons. The fourth-order valence-electron chi connectivity index (χ4n) is 2.00. The fourth-order valence-corrected chi connectivity index (χ4v) is 3.98. The van der Waals surface area contributed by atoms with Crippen LogP contribution in [0.4, 0.5) is 0 Å². The minimum absolute atomic E-state index is 0.100. The third kappa shape index (κ3) is 2.92. The highest BCUT2D eigenvalue weighted by Crippen LogP contribution is 2.26. The summed E-state index contributed by atoms with van der Waals surface area (Å²) in [7, 11) is -1.48. The van der Waals surface area contributed by atoms with E-state index in [2.05, 4.69) is 0 Å². The van der Waals surface area contributed by atoms with Crippen molar-refractivity contribution in [3.8, 4) is 0 Å². The molecule has 1 unspecified atom stereocenters. The van der Waals surface area contributed by atoms with Gasteiger partial charge in [0, 0.05) is 19.6 Å². The Morgan fingerprint density at radius 2 is 1.87 bits per heavy atom. The second-order valence-corrected chi connectivity index (χ2v) is 6.68. The van der Waals surface area contributed by atoms with Crippen LogP contribution in [0.15, 0.2) is 0 Å². The van der Waals surface area contributed by atoms with Crippen LogP contribution in [-0.4, -0.2) is 37.6 Å². The average Bonchev–Trinajstić information content (AvgIpc) is 2.28. The van der Waals surface area contributed by atoms with Gasteiger partial charge in [-0.25, -0.2) is 12.7 Å². The van der Waals surface area contributed by atoms with Gasteiger partial charge in [-0.15, -0.1) is 0 Å². The van der Waals surface area contributed by atoms with E-state index in [1.807, 2.05) is 6.92 Å². The first-order valence-electron chi connectivity index (χ1n) is 5.67. The summed E-state index contributed by atoms with van der Waals surface area (Å²) in [6.07, 6.45) is 4.86. The van der Waals surface area contributed by atoms with E-state index in [0.717, 1.165) is 25.7 Å². The lowest BCUT2D eigenvalue weighted by Gasteiger charge is -2.30. The van der Waals surface area contributed by atoms with E-state index in [-0.39, 0.29) is 11.3 Å². The van der Waals surface area contributed by atoms with Crippen LogP contribution in [0.5, 0.6) is 0 Å². The van der Waals surface area contributed by atoms with Crippen LogP contribution in [0.1, 0.15) is 39.0 Å². The largest absolute Gasteiger partial charge is 0.329 e. The normalized spacial score (nSPS) is 21.9. The van der Waals surface area contributed by atoms with Crippen LogP contribution < -0.4 is 5.73 Å². The Bertz CT molecular complexity index is 276. The van der Waals surface area contributed by atoms with Gasteiger partial charge in [-0.1, -0.05) is 19.3 Å². The molecule has 4 nitrogen and oxygen atoms in total. The highest BCUT2D eigenvalue weighted by Gasteiger charge is 2.32. The summed E-state index contributed by atoms with van der Waals surface area (Å²) in [5.74, 6) is 0. The van der Waals surface area contributed by atoms with E-state index in [1.165, 1.54) is 10.7 Å². The average molecular weight is 234 g/mol.